The minimum Gasteiger partial charge on any atom is -0.514 e. The summed E-state index contributed by atoms with van der Waals surface area (Å²) < 4.78 is 4.40. The molecule has 1 radical (unpaired) electrons. The largest absolute Gasteiger partial charge is 0.514 e. The Morgan fingerprint density at radius 2 is 2.36 bits per heavy atom. The molecule has 55 valence electrons. The van der Waals surface area contributed by atoms with Crippen LogP contribution in [-0.4, -0.2) is 69.1 Å². The summed E-state index contributed by atoms with van der Waals surface area (Å²) in [5, 5.41) is 16.4. The van der Waals surface area contributed by atoms with Crippen LogP contribution in [0.25, 0.3) is 0 Å². The number of carbonyl (C=O) groups excluding carboxylic acids is 1. The molecule has 0 aromatic carbocycles. The number of hydrogen-bond donors (Lipinski definition) is 1. The number of aliphatic hydroxyl groups is 1. The first-order chi connectivity index (χ1) is 4.76. The summed E-state index contributed by atoms with van der Waals surface area (Å²) >= 11 is 0. The Labute approximate surface area is 107 Å². The summed E-state index contributed by atoms with van der Waals surface area (Å²) in [4.78, 5) is 10.5. The maximum atomic E-state index is 10.5. The third kappa shape index (κ3) is 5.41. The number of nitriles is 1. The number of carbonyl (C=O) groups is 1. The second kappa shape index (κ2) is 8.24. The molecule has 0 fully saturated rings. The van der Waals surface area contributed by atoms with E-state index in [9.17, 15) is 4.79 Å². The first-order valence-electron chi connectivity index (χ1n) is 2.67. The van der Waals surface area contributed by atoms with Crippen molar-refractivity contribution in [2.24, 2.45) is 0 Å². The molecule has 0 aliphatic heterocycles. The van der Waals surface area contributed by atoms with Gasteiger partial charge >= 0.3 is 5.97 Å². The van der Waals surface area contributed by atoms with Gasteiger partial charge in [0, 0.05) is 51.4 Å². The van der Waals surface area contributed by atoms with Crippen molar-refractivity contribution in [3.8, 4) is 6.07 Å². The number of esters is 1. The first kappa shape index (κ1) is 13.7. The number of aliphatic hydroxyl groups excluding tert-OH is 1. The quantitative estimate of drug-likeness (QED) is 0.216. The van der Waals surface area contributed by atoms with Gasteiger partial charge in [-0.3, -0.25) is 0 Å². The van der Waals surface area contributed by atoms with E-state index in [2.05, 4.69) is 4.74 Å². The fourth-order valence-electron chi connectivity index (χ4n) is 0.336. The number of rotatable bonds is 2. The second-order valence-corrected chi connectivity index (χ2v) is 1.38. The zero-order valence-corrected chi connectivity index (χ0v) is 9.62. The van der Waals surface area contributed by atoms with Crippen LogP contribution in [-0.2, 0) is 9.53 Å². The summed E-state index contributed by atoms with van der Waals surface area (Å²) in [6.07, 6.45) is 0.429. The number of ether oxygens (including phenoxy) is 1. The zero-order chi connectivity index (χ0) is 7.98. The molecule has 1 N–H and O–H groups in total. The molecule has 5 heteroatoms. The van der Waals surface area contributed by atoms with Crippen LogP contribution in [0.15, 0.2) is 11.8 Å². The first-order valence-corrected chi connectivity index (χ1v) is 2.67. The second-order valence-electron chi connectivity index (χ2n) is 1.38. The molecule has 0 aromatic rings. The predicted molar refractivity (Wildman–Crippen MR) is 38.7 cm³/mol. The van der Waals surface area contributed by atoms with Crippen LogP contribution in [0.3, 0.4) is 0 Å². The van der Waals surface area contributed by atoms with E-state index in [1.807, 2.05) is 0 Å². The maximum Gasteiger partial charge on any atom is 0.352 e. The average molecular weight is 180 g/mol. The van der Waals surface area contributed by atoms with Crippen molar-refractivity contribution < 1.29 is 14.6 Å². The van der Waals surface area contributed by atoms with Crippen molar-refractivity contribution in [2.75, 3.05) is 6.61 Å². The normalized spacial score (nSPS) is 9.27. The molecule has 0 heterocycles. The average Bonchev–Trinajstić information content (AvgIpc) is 1.91. The van der Waals surface area contributed by atoms with Crippen molar-refractivity contribution in [3.05, 3.63) is 11.8 Å². The molecular weight excluding hydrogens is 173 g/mol. The van der Waals surface area contributed by atoms with E-state index in [1.54, 1.807) is 6.92 Å². The Morgan fingerprint density at radius 3 is 2.64 bits per heavy atom. The third-order valence-corrected chi connectivity index (χ3v) is 0.745. The summed E-state index contributed by atoms with van der Waals surface area (Å²) in [7, 11) is 0. The molecule has 0 spiro atoms. The topological polar surface area (TPSA) is 70.3 Å². The van der Waals surface area contributed by atoms with Crippen LogP contribution in [0.2, 0.25) is 0 Å². The monoisotopic (exact) mass is 180 g/mol. The van der Waals surface area contributed by atoms with Gasteiger partial charge in [0.25, 0.3) is 0 Å². The van der Waals surface area contributed by atoms with Gasteiger partial charge in [0.1, 0.15) is 12.3 Å². The molecule has 0 aromatic heterocycles. The van der Waals surface area contributed by atoms with Crippen molar-refractivity contribution in [1.82, 2.24) is 0 Å². The van der Waals surface area contributed by atoms with Crippen LogP contribution in [0.4, 0.5) is 0 Å². The Kier molecular flexibility index (Phi) is 10.3. The van der Waals surface area contributed by atoms with E-state index in [0.717, 1.165) is 0 Å². The van der Waals surface area contributed by atoms with E-state index in [-0.39, 0.29) is 63.6 Å². The molecule has 0 atom stereocenters. The third-order valence-electron chi connectivity index (χ3n) is 0.745. The van der Waals surface area contributed by atoms with E-state index < -0.39 is 5.97 Å². The minimum absolute atomic E-state index is 0. The van der Waals surface area contributed by atoms with Crippen molar-refractivity contribution in [1.29, 1.82) is 5.26 Å². The van der Waals surface area contributed by atoms with Gasteiger partial charge in [0.15, 0.2) is 5.57 Å². The minimum atomic E-state index is -0.799. The van der Waals surface area contributed by atoms with Crippen LogP contribution in [0, 0.1) is 11.3 Å². The Balaban J connectivity index is 0. The van der Waals surface area contributed by atoms with Crippen molar-refractivity contribution in [2.45, 2.75) is 6.92 Å². The molecule has 0 aliphatic rings. The van der Waals surface area contributed by atoms with Crippen LogP contribution < -0.4 is 0 Å². The molecule has 11 heavy (non-hydrogen) atoms. The Morgan fingerprint density at radius 1 is 1.82 bits per heavy atom. The van der Waals surface area contributed by atoms with Crippen LogP contribution >= 0.6 is 0 Å². The molecular formula is C6H7KNO3. The zero-order valence-electron chi connectivity index (χ0n) is 6.50. The molecule has 0 bridgehead atoms. The summed E-state index contributed by atoms with van der Waals surface area (Å²) in [5.74, 6) is -0.799. The molecule has 0 saturated carbocycles. The Hall–Kier alpha value is 0.136. The fraction of sp³-hybridized carbons (Fsp3) is 0.333. The number of hydrogen-bond acceptors (Lipinski definition) is 4. The van der Waals surface area contributed by atoms with Gasteiger partial charge in [-0.1, -0.05) is 0 Å². The SMILES string of the molecule is CCOC(=O)C(C#N)=CO.[K]. The summed E-state index contributed by atoms with van der Waals surface area (Å²) in [5.41, 5.74) is -0.387. The van der Waals surface area contributed by atoms with Gasteiger partial charge in [-0.05, 0) is 6.92 Å². The van der Waals surface area contributed by atoms with E-state index in [1.165, 1.54) is 6.07 Å². The van der Waals surface area contributed by atoms with Crippen molar-refractivity contribution in [3.63, 3.8) is 0 Å². The summed E-state index contributed by atoms with van der Waals surface area (Å²) in [6, 6.07) is 1.47. The van der Waals surface area contributed by atoms with Gasteiger partial charge in [-0.2, -0.15) is 5.26 Å². The van der Waals surface area contributed by atoms with Crippen molar-refractivity contribution >= 4 is 57.4 Å². The molecule has 4 nitrogen and oxygen atoms in total. The van der Waals surface area contributed by atoms with Gasteiger partial charge in [-0.15, -0.1) is 0 Å². The fourth-order valence-corrected chi connectivity index (χ4v) is 0.336. The molecule has 0 amide bonds. The van der Waals surface area contributed by atoms with Gasteiger partial charge in [0.05, 0.1) is 6.61 Å². The van der Waals surface area contributed by atoms with Crippen LogP contribution in [0.5, 0.6) is 0 Å². The van der Waals surface area contributed by atoms with Gasteiger partial charge < -0.3 is 9.84 Å². The smallest absolute Gasteiger partial charge is 0.352 e. The van der Waals surface area contributed by atoms with Crippen LogP contribution in [0.1, 0.15) is 6.92 Å². The Bertz CT molecular complexity index is 194. The molecule has 0 aliphatic carbocycles. The van der Waals surface area contributed by atoms with Gasteiger partial charge in [0.2, 0.25) is 0 Å². The predicted octanol–water partition coefficient (Wildman–Crippen LogP) is 0.134. The molecule has 0 rings (SSSR count). The van der Waals surface area contributed by atoms with E-state index >= 15 is 0 Å². The van der Waals surface area contributed by atoms with Gasteiger partial charge in [-0.25, -0.2) is 4.79 Å². The molecule has 0 saturated heterocycles. The molecule has 0 unspecified atom stereocenters. The number of nitrogens with zero attached hydrogens (tertiary/aromatic N) is 1. The standard InChI is InChI=1S/C6H7NO3.K/c1-2-10-6(9)5(3-7)4-8;/h4,8H,2H2,1H3;. The van der Waals surface area contributed by atoms with E-state index in [4.69, 9.17) is 10.4 Å². The van der Waals surface area contributed by atoms with E-state index in [0.29, 0.717) is 6.26 Å². The maximum absolute atomic E-state index is 10.5. The summed E-state index contributed by atoms with van der Waals surface area (Å²) in [6.45, 7) is 1.81.